The SMILES string of the molecule is CCCCC=CCCCC[O]. The molecular weight excluding hydrogens is 136 g/mol. The maximum atomic E-state index is 10.0. The molecule has 0 aliphatic rings. The quantitative estimate of drug-likeness (QED) is 0.397. The van der Waals surface area contributed by atoms with Crippen LogP contribution in [-0.4, -0.2) is 6.61 Å². The van der Waals surface area contributed by atoms with Gasteiger partial charge in [-0.05, 0) is 25.7 Å². The number of unbranched alkanes of at least 4 members (excludes halogenated alkanes) is 4. The average Bonchev–Trinajstić information content (AvgIpc) is 2.03. The molecule has 1 radical (unpaired) electrons. The Balaban J connectivity index is 2.91. The summed E-state index contributed by atoms with van der Waals surface area (Å²) in [5.41, 5.74) is 0. The molecular formula is C10H19O. The van der Waals surface area contributed by atoms with E-state index in [9.17, 15) is 5.11 Å². The van der Waals surface area contributed by atoms with Crippen molar-refractivity contribution >= 4 is 0 Å². The molecule has 0 atom stereocenters. The Morgan fingerprint density at radius 2 is 1.64 bits per heavy atom. The summed E-state index contributed by atoms with van der Waals surface area (Å²) in [5.74, 6) is 0. The molecule has 0 aromatic heterocycles. The number of hydrogen-bond acceptors (Lipinski definition) is 0. The minimum atomic E-state index is 0.0861. The zero-order valence-corrected chi connectivity index (χ0v) is 7.51. The van der Waals surface area contributed by atoms with Crippen LogP contribution in [0.4, 0.5) is 0 Å². The fourth-order valence-corrected chi connectivity index (χ4v) is 0.922. The largest absolute Gasteiger partial charge is 0.237 e. The van der Waals surface area contributed by atoms with Crippen LogP contribution in [0.1, 0.15) is 45.4 Å². The van der Waals surface area contributed by atoms with Gasteiger partial charge in [0.05, 0.1) is 6.61 Å². The molecule has 0 N–H and O–H groups in total. The van der Waals surface area contributed by atoms with Crippen LogP contribution in [0.15, 0.2) is 12.2 Å². The lowest BCUT2D eigenvalue weighted by atomic mass is 10.2. The van der Waals surface area contributed by atoms with Crippen molar-refractivity contribution in [3.8, 4) is 0 Å². The van der Waals surface area contributed by atoms with Crippen LogP contribution < -0.4 is 0 Å². The van der Waals surface area contributed by atoms with Crippen LogP contribution in [0.25, 0.3) is 0 Å². The van der Waals surface area contributed by atoms with Crippen molar-refractivity contribution < 1.29 is 5.11 Å². The summed E-state index contributed by atoms with van der Waals surface area (Å²) in [7, 11) is 0. The lowest BCUT2D eigenvalue weighted by molar-refractivity contribution is 0.187. The van der Waals surface area contributed by atoms with Crippen LogP contribution in [0.2, 0.25) is 0 Å². The first-order chi connectivity index (χ1) is 5.41. The minimum Gasteiger partial charge on any atom is -0.237 e. The summed E-state index contributed by atoms with van der Waals surface area (Å²) in [6, 6.07) is 0. The Bertz CT molecular complexity index is 86.9. The van der Waals surface area contributed by atoms with Crippen molar-refractivity contribution in [3.05, 3.63) is 12.2 Å². The van der Waals surface area contributed by atoms with E-state index in [1.807, 2.05) is 0 Å². The van der Waals surface area contributed by atoms with Gasteiger partial charge in [0.25, 0.3) is 0 Å². The molecule has 0 bridgehead atoms. The fourth-order valence-electron chi connectivity index (χ4n) is 0.922. The fraction of sp³-hybridized carbons (Fsp3) is 0.800. The molecule has 0 saturated heterocycles. The topological polar surface area (TPSA) is 19.9 Å². The molecule has 1 heteroatoms. The standard InChI is InChI=1S/C10H19O/c1-2-3-4-5-6-7-8-9-10-11/h5-6H,2-4,7-10H2,1H3. The number of rotatable bonds is 7. The highest BCUT2D eigenvalue weighted by Gasteiger charge is 1.82. The van der Waals surface area contributed by atoms with Gasteiger partial charge in [0, 0.05) is 0 Å². The van der Waals surface area contributed by atoms with Gasteiger partial charge in [0.2, 0.25) is 0 Å². The molecule has 11 heavy (non-hydrogen) atoms. The first kappa shape index (κ1) is 10.7. The third-order valence-electron chi connectivity index (χ3n) is 1.66. The molecule has 0 amide bonds. The van der Waals surface area contributed by atoms with Gasteiger partial charge in [-0.1, -0.05) is 31.9 Å². The van der Waals surface area contributed by atoms with Crippen LogP contribution in [0.5, 0.6) is 0 Å². The van der Waals surface area contributed by atoms with Crippen LogP contribution in [0.3, 0.4) is 0 Å². The first-order valence-electron chi connectivity index (χ1n) is 4.65. The Morgan fingerprint density at radius 1 is 1.00 bits per heavy atom. The van der Waals surface area contributed by atoms with E-state index in [-0.39, 0.29) is 6.61 Å². The van der Waals surface area contributed by atoms with Gasteiger partial charge in [0.1, 0.15) is 0 Å². The van der Waals surface area contributed by atoms with E-state index in [1.54, 1.807) is 0 Å². The number of hydrogen-bond donors (Lipinski definition) is 0. The first-order valence-corrected chi connectivity index (χ1v) is 4.65. The third-order valence-corrected chi connectivity index (χ3v) is 1.66. The maximum Gasteiger partial charge on any atom is 0.0822 e. The van der Waals surface area contributed by atoms with E-state index in [2.05, 4.69) is 19.1 Å². The highest BCUT2D eigenvalue weighted by Crippen LogP contribution is 1.99. The molecule has 0 unspecified atom stereocenters. The van der Waals surface area contributed by atoms with Crippen molar-refractivity contribution in [3.63, 3.8) is 0 Å². The van der Waals surface area contributed by atoms with Crippen LogP contribution in [-0.2, 0) is 5.11 Å². The van der Waals surface area contributed by atoms with Gasteiger partial charge >= 0.3 is 0 Å². The van der Waals surface area contributed by atoms with E-state index in [1.165, 1.54) is 19.3 Å². The summed E-state index contributed by atoms with van der Waals surface area (Å²) in [5, 5.41) is 10.0. The normalized spacial score (nSPS) is 11.1. The second kappa shape index (κ2) is 9.70. The summed E-state index contributed by atoms with van der Waals surface area (Å²) < 4.78 is 0. The van der Waals surface area contributed by atoms with Gasteiger partial charge in [0.15, 0.2) is 0 Å². The minimum absolute atomic E-state index is 0.0861. The summed E-state index contributed by atoms with van der Waals surface area (Å²) in [4.78, 5) is 0. The summed E-state index contributed by atoms with van der Waals surface area (Å²) in [6.45, 7) is 2.29. The van der Waals surface area contributed by atoms with Crippen LogP contribution >= 0.6 is 0 Å². The Kier molecular flexibility index (Phi) is 9.44. The Hall–Kier alpha value is -0.300. The molecule has 0 aliphatic carbocycles. The van der Waals surface area contributed by atoms with Gasteiger partial charge in [-0.15, -0.1) is 0 Å². The molecule has 0 fully saturated rings. The van der Waals surface area contributed by atoms with Crippen molar-refractivity contribution in [1.29, 1.82) is 0 Å². The lowest BCUT2D eigenvalue weighted by Gasteiger charge is -1.90. The van der Waals surface area contributed by atoms with Crippen LogP contribution in [0, 0.1) is 0 Å². The highest BCUT2D eigenvalue weighted by molar-refractivity contribution is 4.80. The lowest BCUT2D eigenvalue weighted by Crippen LogP contribution is -1.78. The van der Waals surface area contributed by atoms with E-state index >= 15 is 0 Å². The zero-order valence-electron chi connectivity index (χ0n) is 7.51. The Labute approximate surface area is 70.1 Å². The highest BCUT2D eigenvalue weighted by atomic mass is 16.2. The molecule has 0 rings (SSSR count). The smallest absolute Gasteiger partial charge is 0.0822 e. The second-order valence-electron chi connectivity index (χ2n) is 2.81. The van der Waals surface area contributed by atoms with Gasteiger partial charge in [-0.2, -0.15) is 0 Å². The second-order valence-corrected chi connectivity index (χ2v) is 2.81. The van der Waals surface area contributed by atoms with E-state index in [4.69, 9.17) is 0 Å². The monoisotopic (exact) mass is 155 g/mol. The van der Waals surface area contributed by atoms with E-state index < -0.39 is 0 Å². The van der Waals surface area contributed by atoms with Crippen molar-refractivity contribution in [1.82, 2.24) is 0 Å². The maximum absolute atomic E-state index is 10.0. The molecule has 0 heterocycles. The molecule has 0 aromatic carbocycles. The van der Waals surface area contributed by atoms with Crippen molar-refractivity contribution in [2.24, 2.45) is 0 Å². The van der Waals surface area contributed by atoms with Crippen molar-refractivity contribution in [2.45, 2.75) is 45.4 Å². The average molecular weight is 155 g/mol. The van der Waals surface area contributed by atoms with E-state index in [0.29, 0.717) is 0 Å². The number of allylic oxidation sites excluding steroid dienone is 2. The molecule has 1 nitrogen and oxygen atoms in total. The van der Waals surface area contributed by atoms with Gasteiger partial charge in [-0.3, -0.25) is 0 Å². The predicted octanol–water partition coefficient (Wildman–Crippen LogP) is 3.33. The predicted molar refractivity (Wildman–Crippen MR) is 48.1 cm³/mol. The third kappa shape index (κ3) is 9.70. The molecule has 65 valence electrons. The van der Waals surface area contributed by atoms with Crippen molar-refractivity contribution in [2.75, 3.05) is 6.61 Å². The molecule has 0 spiro atoms. The van der Waals surface area contributed by atoms with Gasteiger partial charge in [-0.25, -0.2) is 5.11 Å². The zero-order chi connectivity index (χ0) is 8.36. The molecule has 0 aromatic rings. The Morgan fingerprint density at radius 3 is 2.18 bits per heavy atom. The van der Waals surface area contributed by atoms with Gasteiger partial charge < -0.3 is 0 Å². The summed E-state index contributed by atoms with van der Waals surface area (Å²) in [6.07, 6.45) is 11.2. The molecule has 0 aliphatic heterocycles. The molecule has 0 saturated carbocycles. The van der Waals surface area contributed by atoms with E-state index in [0.717, 1.165) is 19.3 Å². The summed E-state index contributed by atoms with van der Waals surface area (Å²) >= 11 is 0.